The lowest BCUT2D eigenvalue weighted by Gasteiger charge is -2.40. The first-order chi connectivity index (χ1) is 10.0. The van der Waals surface area contributed by atoms with Crippen molar-refractivity contribution in [3.8, 4) is 0 Å². The molecular formula is C17H26BrFN2. The van der Waals surface area contributed by atoms with Crippen LogP contribution in [-0.4, -0.2) is 23.5 Å². The predicted molar refractivity (Wildman–Crippen MR) is 89.7 cm³/mol. The van der Waals surface area contributed by atoms with Gasteiger partial charge in [-0.05, 0) is 57.7 Å². The normalized spacial score (nSPS) is 24.3. The monoisotopic (exact) mass is 356 g/mol. The van der Waals surface area contributed by atoms with Crippen molar-refractivity contribution in [1.82, 2.24) is 4.90 Å². The van der Waals surface area contributed by atoms with E-state index in [1.165, 1.54) is 0 Å². The van der Waals surface area contributed by atoms with Crippen molar-refractivity contribution in [3.63, 3.8) is 0 Å². The van der Waals surface area contributed by atoms with Crippen molar-refractivity contribution in [2.45, 2.75) is 64.1 Å². The van der Waals surface area contributed by atoms with E-state index in [9.17, 15) is 4.39 Å². The molecule has 2 nitrogen and oxygen atoms in total. The highest BCUT2D eigenvalue weighted by Crippen LogP contribution is 2.32. The lowest BCUT2D eigenvalue weighted by molar-refractivity contribution is 0.106. The molecule has 1 atom stereocenters. The summed E-state index contributed by atoms with van der Waals surface area (Å²) in [7, 11) is 0. The third-order valence-electron chi connectivity index (χ3n) is 4.60. The van der Waals surface area contributed by atoms with Gasteiger partial charge in [0.05, 0.1) is 0 Å². The fourth-order valence-corrected chi connectivity index (χ4v) is 3.74. The largest absolute Gasteiger partial charge is 0.328 e. The molecule has 0 spiro atoms. The van der Waals surface area contributed by atoms with Gasteiger partial charge in [0.25, 0.3) is 0 Å². The molecule has 1 aliphatic rings. The number of benzene rings is 1. The molecule has 1 aromatic carbocycles. The highest BCUT2D eigenvalue weighted by atomic mass is 79.9. The summed E-state index contributed by atoms with van der Waals surface area (Å²) in [6.45, 7) is 5.32. The Kier molecular flexibility index (Phi) is 6.20. The molecule has 0 heterocycles. The molecule has 21 heavy (non-hydrogen) atoms. The Morgan fingerprint density at radius 1 is 1.33 bits per heavy atom. The molecule has 0 amide bonds. The van der Waals surface area contributed by atoms with E-state index in [2.05, 4.69) is 34.7 Å². The first-order valence-electron chi connectivity index (χ1n) is 7.99. The van der Waals surface area contributed by atoms with Gasteiger partial charge in [-0.25, -0.2) is 4.39 Å². The van der Waals surface area contributed by atoms with Crippen LogP contribution in [0.25, 0.3) is 0 Å². The van der Waals surface area contributed by atoms with Crippen molar-refractivity contribution in [2.75, 3.05) is 6.54 Å². The maximum atomic E-state index is 14.3. The van der Waals surface area contributed by atoms with Crippen molar-refractivity contribution >= 4 is 15.9 Å². The Labute approximate surface area is 136 Å². The molecule has 1 fully saturated rings. The summed E-state index contributed by atoms with van der Waals surface area (Å²) in [5.41, 5.74) is 6.81. The molecule has 1 saturated carbocycles. The van der Waals surface area contributed by atoms with E-state index in [0.29, 0.717) is 12.1 Å². The van der Waals surface area contributed by atoms with Crippen molar-refractivity contribution in [2.24, 2.45) is 5.73 Å². The number of nitrogens with zero attached hydrogens (tertiary/aromatic N) is 1. The Bertz CT molecular complexity index is 458. The van der Waals surface area contributed by atoms with Crippen LogP contribution < -0.4 is 5.73 Å². The summed E-state index contributed by atoms with van der Waals surface area (Å²) in [6, 6.07) is 6.38. The maximum Gasteiger partial charge on any atom is 0.129 e. The van der Waals surface area contributed by atoms with Gasteiger partial charge in [0.15, 0.2) is 0 Å². The van der Waals surface area contributed by atoms with Gasteiger partial charge in [-0.3, -0.25) is 4.90 Å². The van der Waals surface area contributed by atoms with Gasteiger partial charge < -0.3 is 5.73 Å². The summed E-state index contributed by atoms with van der Waals surface area (Å²) in [5, 5.41) is 0. The second kappa shape index (κ2) is 7.70. The molecule has 0 radical (unpaired) electrons. The van der Waals surface area contributed by atoms with Crippen molar-refractivity contribution < 1.29 is 4.39 Å². The fraction of sp³-hybridized carbons (Fsp3) is 0.647. The molecule has 4 heteroatoms. The minimum atomic E-state index is -0.120. The average molecular weight is 357 g/mol. The molecule has 0 bridgehead atoms. The highest BCUT2D eigenvalue weighted by Gasteiger charge is 2.28. The number of hydrogen-bond acceptors (Lipinski definition) is 2. The molecule has 2 rings (SSSR count). The zero-order chi connectivity index (χ0) is 15.4. The molecule has 0 aliphatic heterocycles. The molecule has 2 N–H and O–H groups in total. The van der Waals surface area contributed by atoms with Crippen LogP contribution in [0.5, 0.6) is 0 Å². The molecule has 118 valence electrons. The SMILES string of the molecule is CCCN(C1CCC(N)CC1)C(C)c1ccc(Br)cc1F. The van der Waals surface area contributed by atoms with Gasteiger partial charge in [0, 0.05) is 28.2 Å². The van der Waals surface area contributed by atoms with Crippen LogP contribution in [0.15, 0.2) is 22.7 Å². The lowest BCUT2D eigenvalue weighted by Crippen LogP contribution is -2.42. The van der Waals surface area contributed by atoms with Crippen LogP contribution in [0.2, 0.25) is 0 Å². The van der Waals surface area contributed by atoms with Crippen LogP contribution in [0.3, 0.4) is 0 Å². The van der Waals surface area contributed by atoms with E-state index in [1.54, 1.807) is 6.07 Å². The Hall–Kier alpha value is -0.450. The molecular weight excluding hydrogens is 331 g/mol. The Morgan fingerprint density at radius 3 is 2.57 bits per heavy atom. The van der Waals surface area contributed by atoms with Gasteiger partial charge in [0.2, 0.25) is 0 Å². The van der Waals surface area contributed by atoms with Gasteiger partial charge in [-0.1, -0.05) is 28.9 Å². The minimum absolute atomic E-state index is 0.109. The minimum Gasteiger partial charge on any atom is -0.328 e. The standard InChI is InChI=1S/C17H26BrFN2/c1-3-10-21(15-7-5-14(20)6-8-15)12(2)16-9-4-13(18)11-17(16)19/h4,9,11-12,14-15H,3,5-8,10,20H2,1-2H3. The van der Waals surface area contributed by atoms with Gasteiger partial charge in [-0.15, -0.1) is 0 Å². The maximum absolute atomic E-state index is 14.3. The third kappa shape index (κ3) is 4.27. The number of hydrogen-bond donors (Lipinski definition) is 1. The quantitative estimate of drug-likeness (QED) is 0.832. The highest BCUT2D eigenvalue weighted by molar-refractivity contribution is 9.10. The number of rotatable bonds is 5. The second-order valence-corrected chi connectivity index (χ2v) is 7.06. The van der Waals surface area contributed by atoms with Gasteiger partial charge in [0.1, 0.15) is 5.82 Å². The first-order valence-corrected chi connectivity index (χ1v) is 8.78. The van der Waals surface area contributed by atoms with Gasteiger partial charge >= 0.3 is 0 Å². The van der Waals surface area contributed by atoms with Crippen molar-refractivity contribution in [3.05, 3.63) is 34.1 Å². The van der Waals surface area contributed by atoms with E-state index >= 15 is 0 Å². The predicted octanol–water partition coefficient (Wildman–Crippen LogP) is 4.63. The van der Waals surface area contributed by atoms with E-state index in [4.69, 9.17) is 5.73 Å². The number of halogens is 2. The summed E-state index contributed by atoms with van der Waals surface area (Å²) in [6.07, 6.45) is 5.51. The van der Waals surface area contributed by atoms with Crippen LogP contribution in [0, 0.1) is 5.82 Å². The molecule has 1 aliphatic carbocycles. The Balaban J connectivity index is 2.16. The lowest BCUT2D eigenvalue weighted by atomic mass is 9.89. The van der Waals surface area contributed by atoms with Crippen molar-refractivity contribution in [1.29, 1.82) is 0 Å². The van der Waals surface area contributed by atoms with E-state index < -0.39 is 0 Å². The number of nitrogens with two attached hydrogens (primary N) is 1. The third-order valence-corrected chi connectivity index (χ3v) is 5.10. The fourth-order valence-electron chi connectivity index (χ4n) is 3.40. The summed E-state index contributed by atoms with van der Waals surface area (Å²) in [4.78, 5) is 2.47. The zero-order valence-electron chi connectivity index (χ0n) is 13.0. The molecule has 0 aromatic heterocycles. The van der Waals surface area contributed by atoms with Crippen LogP contribution >= 0.6 is 15.9 Å². The van der Waals surface area contributed by atoms with Crippen LogP contribution in [-0.2, 0) is 0 Å². The smallest absolute Gasteiger partial charge is 0.129 e. The van der Waals surface area contributed by atoms with E-state index in [1.807, 2.05) is 12.1 Å². The van der Waals surface area contributed by atoms with E-state index in [0.717, 1.165) is 48.7 Å². The zero-order valence-corrected chi connectivity index (χ0v) is 14.6. The topological polar surface area (TPSA) is 29.3 Å². The summed E-state index contributed by atoms with van der Waals surface area (Å²) < 4.78 is 15.0. The Morgan fingerprint density at radius 2 is 2.00 bits per heavy atom. The van der Waals surface area contributed by atoms with Gasteiger partial charge in [-0.2, -0.15) is 0 Å². The summed E-state index contributed by atoms with van der Waals surface area (Å²) in [5.74, 6) is -0.120. The molecule has 0 saturated heterocycles. The molecule has 1 unspecified atom stereocenters. The second-order valence-electron chi connectivity index (χ2n) is 6.15. The van der Waals surface area contributed by atoms with E-state index in [-0.39, 0.29) is 11.9 Å². The molecule has 1 aromatic rings. The first kappa shape index (κ1) is 16.9. The van der Waals surface area contributed by atoms with Crippen LogP contribution in [0.1, 0.15) is 57.6 Å². The summed E-state index contributed by atoms with van der Waals surface area (Å²) >= 11 is 3.33. The average Bonchev–Trinajstić information content (AvgIpc) is 2.45. The van der Waals surface area contributed by atoms with Crippen LogP contribution in [0.4, 0.5) is 4.39 Å².